The maximum atomic E-state index is 12.3. The molecule has 2 aromatic carbocycles. The van der Waals surface area contributed by atoms with Gasteiger partial charge in [0.25, 0.3) is 5.91 Å². The second kappa shape index (κ2) is 6.63. The van der Waals surface area contributed by atoms with Crippen LogP contribution in [0.4, 0.5) is 11.4 Å². The molecule has 21 heavy (non-hydrogen) atoms. The average molecular weight is 349 g/mol. The molecule has 5 heteroatoms. The van der Waals surface area contributed by atoms with Crippen molar-refractivity contribution in [1.82, 2.24) is 0 Å². The van der Waals surface area contributed by atoms with Gasteiger partial charge in [0.2, 0.25) is 0 Å². The number of aryl methyl sites for hydroxylation is 1. The van der Waals surface area contributed by atoms with E-state index in [1.54, 1.807) is 18.2 Å². The van der Waals surface area contributed by atoms with Crippen molar-refractivity contribution in [2.75, 3.05) is 17.7 Å². The van der Waals surface area contributed by atoms with Crippen LogP contribution in [-0.4, -0.2) is 12.5 Å². The standard InChI is InChI=1S/C16H17BrN2O2/c1-3-21-15-8-10(2)4-7-14(15)19-16(20)12-6-5-11(17)9-13(12)18/h4-9H,3,18H2,1-2H3,(H,19,20). The van der Waals surface area contributed by atoms with E-state index in [4.69, 9.17) is 10.5 Å². The van der Waals surface area contributed by atoms with E-state index in [2.05, 4.69) is 21.2 Å². The van der Waals surface area contributed by atoms with Crippen LogP contribution in [0.1, 0.15) is 22.8 Å². The fourth-order valence-corrected chi connectivity index (χ4v) is 2.32. The van der Waals surface area contributed by atoms with E-state index < -0.39 is 0 Å². The molecule has 0 atom stereocenters. The summed E-state index contributed by atoms with van der Waals surface area (Å²) >= 11 is 3.32. The number of nitrogen functional groups attached to an aromatic ring is 1. The van der Waals surface area contributed by atoms with Gasteiger partial charge in [0.15, 0.2) is 0 Å². The zero-order chi connectivity index (χ0) is 15.4. The van der Waals surface area contributed by atoms with E-state index in [-0.39, 0.29) is 5.91 Å². The Bertz CT molecular complexity index is 671. The minimum atomic E-state index is -0.259. The van der Waals surface area contributed by atoms with Crippen molar-refractivity contribution in [3.8, 4) is 5.75 Å². The third-order valence-corrected chi connectivity index (χ3v) is 3.44. The molecule has 0 aliphatic carbocycles. The number of carbonyl (C=O) groups is 1. The Morgan fingerprint density at radius 1 is 1.29 bits per heavy atom. The lowest BCUT2D eigenvalue weighted by Gasteiger charge is -2.13. The lowest BCUT2D eigenvalue weighted by atomic mass is 10.1. The Morgan fingerprint density at radius 2 is 2.05 bits per heavy atom. The molecule has 0 aliphatic heterocycles. The topological polar surface area (TPSA) is 64.3 Å². The van der Waals surface area contributed by atoms with Crippen LogP contribution >= 0.6 is 15.9 Å². The Hall–Kier alpha value is -2.01. The summed E-state index contributed by atoms with van der Waals surface area (Å²) in [6.07, 6.45) is 0. The first kappa shape index (κ1) is 15.4. The van der Waals surface area contributed by atoms with Gasteiger partial charge in [0.05, 0.1) is 17.9 Å². The minimum Gasteiger partial charge on any atom is -0.492 e. The van der Waals surface area contributed by atoms with Crippen molar-refractivity contribution in [1.29, 1.82) is 0 Å². The van der Waals surface area contributed by atoms with Gasteiger partial charge in [-0.2, -0.15) is 0 Å². The van der Waals surface area contributed by atoms with Crippen molar-refractivity contribution < 1.29 is 9.53 Å². The first-order chi connectivity index (χ1) is 10.0. The van der Waals surface area contributed by atoms with Crippen molar-refractivity contribution >= 4 is 33.2 Å². The lowest BCUT2D eigenvalue weighted by Crippen LogP contribution is -2.15. The minimum absolute atomic E-state index is 0.259. The van der Waals surface area contributed by atoms with Crippen molar-refractivity contribution in [3.63, 3.8) is 0 Å². The summed E-state index contributed by atoms with van der Waals surface area (Å²) in [6.45, 7) is 4.41. The summed E-state index contributed by atoms with van der Waals surface area (Å²) in [5.74, 6) is 0.395. The molecule has 2 rings (SSSR count). The smallest absolute Gasteiger partial charge is 0.257 e. The summed E-state index contributed by atoms with van der Waals surface area (Å²) in [5, 5.41) is 2.84. The molecule has 1 amide bonds. The van der Waals surface area contributed by atoms with E-state index in [1.807, 2.05) is 32.0 Å². The predicted molar refractivity (Wildman–Crippen MR) is 88.9 cm³/mol. The molecule has 0 aliphatic rings. The van der Waals surface area contributed by atoms with Crippen LogP contribution in [0, 0.1) is 6.92 Å². The van der Waals surface area contributed by atoms with Gasteiger partial charge in [-0.1, -0.05) is 22.0 Å². The molecule has 0 heterocycles. The van der Waals surface area contributed by atoms with E-state index in [0.29, 0.717) is 29.3 Å². The van der Waals surface area contributed by atoms with Gasteiger partial charge in [-0.3, -0.25) is 4.79 Å². The highest BCUT2D eigenvalue weighted by Crippen LogP contribution is 2.27. The van der Waals surface area contributed by atoms with Crippen molar-refractivity contribution in [2.24, 2.45) is 0 Å². The zero-order valence-corrected chi connectivity index (χ0v) is 13.5. The van der Waals surface area contributed by atoms with E-state index in [0.717, 1.165) is 10.0 Å². The van der Waals surface area contributed by atoms with Gasteiger partial charge in [-0.25, -0.2) is 0 Å². The maximum absolute atomic E-state index is 12.3. The van der Waals surface area contributed by atoms with Crippen LogP contribution in [0.25, 0.3) is 0 Å². The van der Waals surface area contributed by atoms with Crippen LogP contribution in [0.5, 0.6) is 5.75 Å². The van der Waals surface area contributed by atoms with Crippen LogP contribution < -0.4 is 15.8 Å². The first-order valence-corrected chi connectivity index (χ1v) is 7.40. The average Bonchev–Trinajstić information content (AvgIpc) is 2.42. The normalized spacial score (nSPS) is 10.2. The second-order valence-electron chi connectivity index (χ2n) is 4.62. The lowest BCUT2D eigenvalue weighted by molar-refractivity contribution is 0.102. The van der Waals surface area contributed by atoms with Crippen LogP contribution in [-0.2, 0) is 0 Å². The summed E-state index contributed by atoms with van der Waals surface area (Å²) < 4.78 is 6.39. The van der Waals surface area contributed by atoms with Crippen LogP contribution in [0.15, 0.2) is 40.9 Å². The van der Waals surface area contributed by atoms with Gasteiger partial charge < -0.3 is 15.8 Å². The number of amides is 1. The fraction of sp³-hybridized carbons (Fsp3) is 0.188. The van der Waals surface area contributed by atoms with E-state index in [9.17, 15) is 4.79 Å². The summed E-state index contributed by atoms with van der Waals surface area (Å²) in [7, 11) is 0. The molecule has 110 valence electrons. The number of anilines is 2. The summed E-state index contributed by atoms with van der Waals surface area (Å²) in [6, 6.07) is 10.8. The Morgan fingerprint density at radius 3 is 2.71 bits per heavy atom. The Kier molecular flexibility index (Phi) is 4.85. The fourth-order valence-electron chi connectivity index (χ4n) is 1.94. The molecule has 0 fully saturated rings. The quantitative estimate of drug-likeness (QED) is 0.821. The number of rotatable bonds is 4. The van der Waals surface area contributed by atoms with Crippen LogP contribution in [0.2, 0.25) is 0 Å². The van der Waals surface area contributed by atoms with E-state index in [1.165, 1.54) is 0 Å². The molecule has 3 N–H and O–H groups in total. The SMILES string of the molecule is CCOc1cc(C)ccc1NC(=O)c1ccc(Br)cc1N. The number of hydrogen-bond donors (Lipinski definition) is 2. The molecule has 0 saturated heterocycles. The van der Waals surface area contributed by atoms with Gasteiger partial charge >= 0.3 is 0 Å². The van der Waals surface area contributed by atoms with Gasteiger partial charge in [-0.15, -0.1) is 0 Å². The molecule has 0 spiro atoms. The number of benzene rings is 2. The van der Waals surface area contributed by atoms with Gasteiger partial charge in [0, 0.05) is 10.2 Å². The first-order valence-electron chi connectivity index (χ1n) is 6.61. The van der Waals surface area contributed by atoms with Gasteiger partial charge in [-0.05, 0) is 49.7 Å². The molecular weight excluding hydrogens is 332 g/mol. The molecular formula is C16H17BrN2O2. The monoisotopic (exact) mass is 348 g/mol. The summed E-state index contributed by atoms with van der Waals surface area (Å²) in [4.78, 5) is 12.3. The molecule has 0 bridgehead atoms. The molecule has 2 aromatic rings. The molecule has 0 unspecified atom stereocenters. The maximum Gasteiger partial charge on any atom is 0.257 e. The molecule has 4 nitrogen and oxygen atoms in total. The molecule has 0 saturated carbocycles. The number of nitrogens with two attached hydrogens (primary N) is 1. The highest BCUT2D eigenvalue weighted by Gasteiger charge is 2.13. The largest absolute Gasteiger partial charge is 0.492 e. The molecule has 0 radical (unpaired) electrons. The number of ether oxygens (including phenoxy) is 1. The predicted octanol–water partition coefficient (Wildman–Crippen LogP) is 3.99. The molecule has 0 aromatic heterocycles. The number of carbonyl (C=O) groups excluding carboxylic acids is 1. The highest BCUT2D eigenvalue weighted by atomic mass is 79.9. The third-order valence-electron chi connectivity index (χ3n) is 2.94. The van der Waals surface area contributed by atoms with Crippen molar-refractivity contribution in [3.05, 3.63) is 52.0 Å². The highest BCUT2D eigenvalue weighted by molar-refractivity contribution is 9.10. The zero-order valence-electron chi connectivity index (χ0n) is 11.9. The second-order valence-corrected chi connectivity index (χ2v) is 5.53. The van der Waals surface area contributed by atoms with E-state index >= 15 is 0 Å². The van der Waals surface area contributed by atoms with Crippen LogP contribution in [0.3, 0.4) is 0 Å². The van der Waals surface area contributed by atoms with Crippen molar-refractivity contribution in [2.45, 2.75) is 13.8 Å². The number of halogens is 1. The summed E-state index contributed by atoms with van der Waals surface area (Å²) in [5.41, 5.74) is 8.43. The van der Waals surface area contributed by atoms with Gasteiger partial charge in [0.1, 0.15) is 5.75 Å². The Balaban J connectivity index is 2.27. The Labute approximate surface area is 132 Å². The number of hydrogen-bond acceptors (Lipinski definition) is 3. The number of nitrogens with one attached hydrogen (secondary N) is 1. The third kappa shape index (κ3) is 3.76.